The van der Waals surface area contributed by atoms with Crippen molar-refractivity contribution < 1.29 is 9.59 Å². The monoisotopic (exact) mass is 384 g/mol. The fourth-order valence-corrected chi connectivity index (χ4v) is 3.13. The highest BCUT2D eigenvalue weighted by Crippen LogP contribution is 2.23. The third-order valence-corrected chi connectivity index (χ3v) is 4.66. The first kappa shape index (κ1) is 20.1. The van der Waals surface area contributed by atoms with Gasteiger partial charge in [0.05, 0.1) is 12.5 Å². The molecule has 0 bridgehead atoms. The van der Waals surface area contributed by atoms with E-state index in [-0.39, 0.29) is 24.3 Å². The zero-order valence-electron chi connectivity index (χ0n) is 16.4. The first-order valence-electron chi connectivity index (χ1n) is 9.49. The molecule has 1 atom stereocenters. The molecule has 29 heavy (non-hydrogen) atoms. The minimum atomic E-state index is -0.306. The molecule has 3 aromatic rings. The Labute approximate surface area is 171 Å². The summed E-state index contributed by atoms with van der Waals surface area (Å²) in [5.74, 6) is -0.431. The molecule has 0 spiro atoms. The van der Waals surface area contributed by atoms with Gasteiger partial charge in [0.2, 0.25) is 11.8 Å². The first-order chi connectivity index (χ1) is 14.1. The second kappa shape index (κ2) is 9.51. The maximum Gasteiger partial charge on any atom is 0.247 e. The van der Waals surface area contributed by atoms with Crippen LogP contribution >= 0.6 is 0 Å². The first-order valence-corrected chi connectivity index (χ1v) is 9.49. The van der Waals surface area contributed by atoms with Gasteiger partial charge in [0, 0.05) is 5.69 Å². The average Bonchev–Trinajstić information content (AvgIpc) is 2.74. The van der Waals surface area contributed by atoms with Crippen molar-refractivity contribution in [3.05, 3.63) is 114 Å². The van der Waals surface area contributed by atoms with Crippen molar-refractivity contribution in [1.29, 1.82) is 0 Å². The predicted molar refractivity (Wildman–Crippen MR) is 117 cm³/mol. The molecule has 2 N–H and O–H groups in total. The van der Waals surface area contributed by atoms with Crippen LogP contribution in [-0.2, 0) is 16.0 Å². The number of carbonyl (C=O) groups excluding carboxylic acids is 2. The SMILES string of the molecule is C=CC(=O)Nc1ccccc1CC(=O)NC(c1ccccc1)c1ccc(C)cc1. The van der Waals surface area contributed by atoms with Crippen molar-refractivity contribution in [2.45, 2.75) is 19.4 Å². The van der Waals surface area contributed by atoms with Gasteiger partial charge in [0.25, 0.3) is 0 Å². The van der Waals surface area contributed by atoms with E-state index in [2.05, 4.69) is 17.2 Å². The summed E-state index contributed by atoms with van der Waals surface area (Å²) >= 11 is 0. The summed E-state index contributed by atoms with van der Waals surface area (Å²) in [6, 6.07) is 25.1. The molecule has 0 aliphatic rings. The maximum atomic E-state index is 12.9. The highest BCUT2D eigenvalue weighted by Gasteiger charge is 2.18. The van der Waals surface area contributed by atoms with Crippen LogP contribution in [0.3, 0.4) is 0 Å². The standard InChI is InChI=1S/C25H24N2O2/c1-3-23(28)26-22-12-8-7-11-21(22)17-24(29)27-25(19-9-5-4-6-10-19)20-15-13-18(2)14-16-20/h3-16,25H,1,17H2,2H3,(H,26,28)(H,27,29). The van der Waals surface area contributed by atoms with Crippen molar-refractivity contribution in [2.24, 2.45) is 0 Å². The third-order valence-electron chi connectivity index (χ3n) is 4.66. The molecule has 0 aliphatic heterocycles. The minimum Gasteiger partial charge on any atom is -0.345 e. The predicted octanol–water partition coefficient (Wildman–Crippen LogP) is 4.57. The Morgan fingerprint density at radius 1 is 0.897 bits per heavy atom. The number of hydrogen-bond donors (Lipinski definition) is 2. The van der Waals surface area contributed by atoms with E-state index in [0.717, 1.165) is 16.7 Å². The molecule has 4 nitrogen and oxygen atoms in total. The van der Waals surface area contributed by atoms with Crippen molar-refractivity contribution in [3.8, 4) is 0 Å². The van der Waals surface area contributed by atoms with Gasteiger partial charge >= 0.3 is 0 Å². The van der Waals surface area contributed by atoms with E-state index < -0.39 is 0 Å². The summed E-state index contributed by atoms with van der Waals surface area (Å²) in [5, 5.41) is 5.89. The lowest BCUT2D eigenvalue weighted by Crippen LogP contribution is -2.30. The maximum absolute atomic E-state index is 12.9. The van der Waals surface area contributed by atoms with Gasteiger partial charge < -0.3 is 10.6 Å². The fourth-order valence-electron chi connectivity index (χ4n) is 3.13. The van der Waals surface area contributed by atoms with Crippen LogP contribution in [0.2, 0.25) is 0 Å². The lowest BCUT2D eigenvalue weighted by Gasteiger charge is -2.20. The number of hydrogen-bond acceptors (Lipinski definition) is 2. The van der Waals surface area contributed by atoms with Crippen molar-refractivity contribution in [1.82, 2.24) is 5.32 Å². The normalized spacial score (nSPS) is 11.3. The van der Waals surface area contributed by atoms with Crippen LogP contribution in [0.4, 0.5) is 5.69 Å². The van der Waals surface area contributed by atoms with E-state index in [1.165, 1.54) is 11.6 Å². The molecule has 0 saturated carbocycles. The highest BCUT2D eigenvalue weighted by atomic mass is 16.2. The molecular weight excluding hydrogens is 360 g/mol. The lowest BCUT2D eigenvalue weighted by molar-refractivity contribution is -0.121. The number of para-hydroxylation sites is 1. The highest BCUT2D eigenvalue weighted by molar-refractivity contribution is 5.99. The van der Waals surface area contributed by atoms with Gasteiger partial charge in [-0.25, -0.2) is 0 Å². The molecule has 0 aromatic heterocycles. The Morgan fingerprint density at radius 2 is 1.52 bits per heavy atom. The van der Waals surface area contributed by atoms with Gasteiger partial charge in [-0.2, -0.15) is 0 Å². The van der Waals surface area contributed by atoms with Crippen LogP contribution in [0.5, 0.6) is 0 Å². The van der Waals surface area contributed by atoms with E-state index >= 15 is 0 Å². The quantitative estimate of drug-likeness (QED) is 0.587. The van der Waals surface area contributed by atoms with Crippen LogP contribution < -0.4 is 10.6 Å². The Morgan fingerprint density at radius 3 is 2.21 bits per heavy atom. The molecule has 4 heteroatoms. The number of aryl methyl sites for hydroxylation is 1. The molecule has 3 rings (SSSR count). The summed E-state index contributed by atoms with van der Waals surface area (Å²) in [5.41, 5.74) is 4.55. The summed E-state index contributed by atoms with van der Waals surface area (Å²) < 4.78 is 0. The molecule has 0 radical (unpaired) electrons. The van der Waals surface area contributed by atoms with E-state index in [0.29, 0.717) is 5.69 Å². The third kappa shape index (κ3) is 5.42. The molecule has 1 unspecified atom stereocenters. The summed E-state index contributed by atoms with van der Waals surface area (Å²) in [6.07, 6.45) is 1.36. The van der Waals surface area contributed by atoms with Gasteiger partial charge in [-0.15, -0.1) is 0 Å². The molecular formula is C25H24N2O2. The van der Waals surface area contributed by atoms with Gasteiger partial charge in [0.15, 0.2) is 0 Å². The zero-order chi connectivity index (χ0) is 20.6. The molecule has 146 valence electrons. The van der Waals surface area contributed by atoms with E-state index in [1.807, 2.05) is 79.7 Å². The largest absolute Gasteiger partial charge is 0.345 e. The summed E-state index contributed by atoms with van der Waals surface area (Å²) in [6.45, 7) is 5.50. The Balaban J connectivity index is 1.82. The van der Waals surface area contributed by atoms with Crippen LogP contribution in [-0.4, -0.2) is 11.8 Å². The number of amides is 2. The van der Waals surface area contributed by atoms with Gasteiger partial charge in [-0.05, 0) is 35.8 Å². The minimum absolute atomic E-state index is 0.125. The molecule has 2 amide bonds. The average molecular weight is 384 g/mol. The topological polar surface area (TPSA) is 58.2 Å². The van der Waals surface area contributed by atoms with Crippen molar-refractivity contribution >= 4 is 17.5 Å². The number of rotatable bonds is 7. The molecule has 3 aromatic carbocycles. The molecule has 0 heterocycles. The second-order valence-electron chi connectivity index (χ2n) is 6.85. The smallest absolute Gasteiger partial charge is 0.247 e. The molecule has 0 aliphatic carbocycles. The lowest BCUT2D eigenvalue weighted by atomic mass is 9.97. The van der Waals surface area contributed by atoms with E-state index in [9.17, 15) is 9.59 Å². The molecule has 0 fully saturated rings. The van der Waals surface area contributed by atoms with Crippen LogP contribution in [0, 0.1) is 6.92 Å². The van der Waals surface area contributed by atoms with Crippen LogP contribution in [0.1, 0.15) is 28.3 Å². The summed E-state index contributed by atoms with van der Waals surface area (Å²) in [4.78, 5) is 24.6. The van der Waals surface area contributed by atoms with Gasteiger partial charge in [0.1, 0.15) is 0 Å². The number of benzene rings is 3. The van der Waals surface area contributed by atoms with Crippen LogP contribution in [0.15, 0.2) is 91.5 Å². The Kier molecular flexibility index (Phi) is 6.59. The summed E-state index contributed by atoms with van der Waals surface area (Å²) in [7, 11) is 0. The fraction of sp³-hybridized carbons (Fsp3) is 0.120. The van der Waals surface area contributed by atoms with E-state index in [4.69, 9.17) is 0 Å². The van der Waals surface area contributed by atoms with Crippen molar-refractivity contribution in [2.75, 3.05) is 5.32 Å². The second-order valence-corrected chi connectivity index (χ2v) is 6.85. The number of nitrogens with one attached hydrogen (secondary N) is 2. The molecule has 0 saturated heterocycles. The van der Waals surface area contributed by atoms with E-state index in [1.54, 1.807) is 6.07 Å². The zero-order valence-corrected chi connectivity index (χ0v) is 16.4. The van der Waals surface area contributed by atoms with Gasteiger partial charge in [-0.1, -0.05) is 84.9 Å². The van der Waals surface area contributed by atoms with Crippen LogP contribution in [0.25, 0.3) is 0 Å². The number of carbonyl (C=O) groups is 2. The van der Waals surface area contributed by atoms with Crippen molar-refractivity contribution in [3.63, 3.8) is 0 Å². The van der Waals surface area contributed by atoms with Gasteiger partial charge in [-0.3, -0.25) is 9.59 Å². The Hall–Kier alpha value is -3.66. The number of anilines is 1. The Bertz CT molecular complexity index is 995.